The number of benzene rings is 1. The minimum atomic E-state index is -3.92. The van der Waals surface area contributed by atoms with Crippen molar-refractivity contribution in [1.29, 1.82) is 0 Å². The summed E-state index contributed by atoms with van der Waals surface area (Å²) in [6, 6.07) is 4.84. The fourth-order valence-electron chi connectivity index (χ4n) is 3.14. The topological polar surface area (TPSA) is 122 Å². The molecule has 2 atom stereocenters. The molecule has 0 aromatic heterocycles. The van der Waals surface area contributed by atoms with Gasteiger partial charge in [0, 0.05) is 18.1 Å². The largest absolute Gasteiger partial charge is 0.455 e. The highest BCUT2D eigenvalue weighted by Crippen LogP contribution is 2.23. The number of halogens is 1. The fraction of sp³-hybridized carbons (Fsp3) is 0.526. The third-order valence-electron chi connectivity index (χ3n) is 4.92. The zero-order valence-corrected chi connectivity index (χ0v) is 18.5. The lowest BCUT2D eigenvalue weighted by molar-refractivity contribution is -0.148. The van der Waals surface area contributed by atoms with Crippen molar-refractivity contribution < 1.29 is 27.5 Å². The van der Waals surface area contributed by atoms with E-state index in [2.05, 4.69) is 10.6 Å². The van der Waals surface area contributed by atoms with E-state index in [0.717, 1.165) is 30.0 Å². The van der Waals surface area contributed by atoms with Crippen molar-refractivity contribution in [1.82, 2.24) is 14.9 Å². The molecule has 11 heteroatoms. The molecule has 0 radical (unpaired) electrons. The van der Waals surface area contributed by atoms with E-state index < -0.39 is 41.1 Å². The quantitative estimate of drug-likeness (QED) is 0.600. The van der Waals surface area contributed by atoms with Gasteiger partial charge in [0.25, 0.3) is 5.91 Å². The lowest BCUT2D eigenvalue weighted by atomic mass is 9.86. The number of hydrogen-bond donors (Lipinski definition) is 2. The van der Waals surface area contributed by atoms with Crippen LogP contribution in [0.1, 0.15) is 32.6 Å². The lowest BCUT2D eigenvalue weighted by Crippen LogP contribution is -2.48. The molecule has 0 saturated heterocycles. The third-order valence-corrected chi connectivity index (χ3v) is 6.99. The van der Waals surface area contributed by atoms with Gasteiger partial charge in [-0.15, -0.1) is 0 Å². The predicted molar refractivity (Wildman–Crippen MR) is 110 cm³/mol. The van der Waals surface area contributed by atoms with E-state index in [-0.39, 0.29) is 10.9 Å². The van der Waals surface area contributed by atoms with Crippen molar-refractivity contribution >= 4 is 39.5 Å². The Labute approximate surface area is 181 Å². The van der Waals surface area contributed by atoms with Gasteiger partial charge in [-0.3, -0.25) is 14.9 Å². The summed E-state index contributed by atoms with van der Waals surface area (Å²) in [6.07, 6.45) is 4.01. The SMILES string of the molecule is C[C@@H]1CCCC[C@@H]1NC(=O)NC(=O)COC(=O)CN(C)S(=O)(=O)c1ccc(Cl)cc1. The van der Waals surface area contributed by atoms with Gasteiger partial charge in [0.1, 0.15) is 6.54 Å². The standard InChI is InChI=1S/C19H26ClN3O6S/c1-13-5-3-4-6-16(13)21-19(26)22-17(24)12-29-18(25)11-23(2)30(27,28)15-9-7-14(20)8-10-15/h7-10,13,16H,3-6,11-12H2,1-2H3,(H2,21,22,24,26)/t13-,16+/m1/s1. The van der Waals surface area contributed by atoms with E-state index in [1.54, 1.807) is 0 Å². The molecule has 1 aromatic rings. The second kappa shape index (κ2) is 10.7. The van der Waals surface area contributed by atoms with Crippen molar-refractivity contribution in [2.45, 2.75) is 43.5 Å². The molecule has 0 aliphatic heterocycles. The first-order chi connectivity index (χ1) is 14.1. The van der Waals surface area contributed by atoms with Crippen LogP contribution >= 0.6 is 11.6 Å². The molecule has 2 N–H and O–H groups in total. The van der Waals surface area contributed by atoms with Gasteiger partial charge in [-0.1, -0.05) is 31.4 Å². The van der Waals surface area contributed by atoms with Crippen LogP contribution in [0.5, 0.6) is 0 Å². The van der Waals surface area contributed by atoms with Gasteiger partial charge in [-0.25, -0.2) is 13.2 Å². The number of imide groups is 1. The minimum Gasteiger partial charge on any atom is -0.455 e. The van der Waals surface area contributed by atoms with E-state index >= 15 is 0 Å². The number of likely N-dealkylation sites (N-methyl/N-ethyl adjacent to an activating group) is 1. The van der Waals surface area contributed by atoms with E-state index in [0.29, 0.717) is 10.9 Å². The molecule has 0 heterocycles. The number of carbonyl (C=O) groups excluding carboxylic acids is 3. The second-order valence-electron chi connectivity index (χ2n) is 7.27. The normalized spacial score (nSPS) is 19.2. The van der Waals surface area contributed by atoms with Crippen LogP contribution in [-0.2, 0) is 24.3 Å². The Balaban J connectivity index is 1.77. The van der Waals surface area contributed by atoms with Crippen molar-refractivity contribution in [2.75, 3.05) is 20.2 Å². The summed E-state index contributed by atoms with van der Waals surface area (Å²) in [5.74, 6) is -1.39. The van der Waals surface area contributed by atoms with Gasteiger partial charge >= 0.3 is 12.0 Å². The molecule has 0 unspecified atom stereocenters. The number of rotatable bonds is 7. The summed E-state index contributed by atoms with van der Waals surface area (Å²) in [4.78, 5) is 35.6. The molecule has 166 valence electrons. The number of sulfonamides is 1. The third kappa shape index (κ3) is 6.96. The molecule has 1 saturated carbocycles. The van der Waals surface area contributed by atoms with Gasteiger partial charge < -0.3 is 10.1 Å². The Morgan fingerprint density at radius 3 is 2.43 bits per heavy atom. The molecule has 1 aromatic carbocycles. The van der Waals surface area contributed by atoms with Gasteiger partial charge in [0.05, 0.1) is 4.90 Å². The Morgan fingerprint density at radius 1 is 1.17 bits per heavy atom. The van der Waals surface area contributed by atoms with Crippen LogP contribution in [0.4, 0.5) is 4.79 Å². The summed E-state index contributed by atoms with van der Waals surface area (Å²) in [6.45, 7) is 0.758. The molecular formula is C19H26ClN3O6S. The van der Waals surface area contributed by atoms with Crippen molar-refractivity contribution in [3.05, 3.63) is 29.3 Å². The molecule has 1 fully saturated rings. The maximum atomic E-state index is 12.4. The van der Waals surface area contributed by atoms with Crippen LogP contribution in [0.3, 0.4) is 0 Å². The number of urea groups is 1. The first-order valence-electron chi connectivity index (χ1n) is 9.57. The monoisotopic (exact) mass is 459 g/mol. The highest BCUT2D eigenvalue weighted by molar-refractivity contribution is 7.89. The van der Waals surface area contributed by atoms with Crippen molar-refractivity contribution in [3.8, 4) is 0 Å². The molecular weight excluding hydrogens is 434 g/mol. The van der Waals surface area contributed by atoms with Crippen LogP contribution in [0, 0.1) is 5.92 Å². The molecule has 1 aliphatic carbocycles. The molecule has 0 spiro atoms. The van der Waals surface area contributed by atoms with Crippen LogP contribution in [0.2, 0.25) is 5.02 Å². The Morgan fingerprint density at radius 2 is 1.80 bits per heavy atom. The van der Waals surface area contributed by atoms with Gasteiger partial charge in [-0.2, -0.15) is 4.31 Å². The first kappa shape index (κ1) is 24.1. The number of nitrogens with one attached hydrogen (secondary N) is 2. The van der Waals surface area contributed by atoms with Crippen LogP contribution < -0.4 is 10.6 Å². The smallest absolute Gasteiger partial charge is 0.321 e. The lowest BCUT2D eigenvalue weighted by Gasteiger charge is -2.29. The Hall–Kier alpha value is -2.17. The Kier molecular flexibility index (Phi) is 8.63. The summed E-state index contributed by atoms with van der Waals surface area (Å²) in [5, 5.41) is 5.24. The van der Waals surface area contributed by atoms with Crippen LogP contribution in [0.15, 0.2) is 29.2 Å². The number of hydrogen-bond acceptors (Lipinski definition) is 6. The van der Waals surface area contributed by atoms with Crippen molar-refractivity contribution in [3.63, 3.8) is 0 Å². The highest BCUT2D eigenvalue weighted by Gasteiger charge is 2.25. The zero-order valence-electron chi connectivity index (χ0n) is 16.9. The van der Waals surface area contributed by atoms with E-state index in [9.17, 15) is 22.8 Å². The highest BCUT2D eigenvalue weighted by atomic mass is 35.5. The number of esters is 1. The zero-order chi connectivity index (χ0) is 22.3. The van der Waals surface area contributed by atoms with Gasteiger partial charge in [0.15, 0.2) is 6.61 Å². The van der Waals surface area contributed by atoms with Gasteiger partial charge in [0.2, 0.25) is 10.0 Å². The maximum Gasteiger partial charge on any atom is 0.321 e. The number of carbonyl (C=O) groups is 3. The Bertz CT molecular complexity index is 875. The van der Waals surface area contributed by atoms with Gasteiger partial charge in [-0.05, 0) is 43.0 Å². The summed E-state index contributed by atoms with van der Waals surface area (Å²) in [7, 11) is -2.71. The molecule has 1 aliphatic rings. The summed E-state index contributed by atoms with van der Waals surface area (Å²) < 4.78 is 30.4. The number of ether oxygens (including phenoxy) is 1. The van der Waals surface area contributed by atoms with Crippen LogP contribution in [0.25, 0.3) is 0 Å². The van der Waals surface area contributed by atoms with E-state index in [4.69, 9.17) is 16.3 Å². The fourth-order valence-corrected chi connectivity index (χ4v) is 4.38. The van der Waals surface area contributed by atoms with E-state index in [1.165, 1.54) is 31.3 Å². The van der Waals surface area contributed by atoms with Crippen LogP contribution in [-0.4, -0.2) is 56.9 Å². The molecule has 2 rings (SSSR count). The molecule has 9 nitrogen and oxygen atoms in total. The first-order valence-corrected chi connectivity index (χ1v) is 11.4. The number of nitrogens with zero attached hydrogens (tertiary/aromatic N) is 1. The van der Waals surface area contributed by atoms with Crippen molar-refractivity contribution in [2.24, 2.45) is 5.92 Å². The average Bonchev–Trinajstić information content (AvgIpc) is 2.68. The predicted octanol–water partition coefficient (Wildman–Crippen LogP) is 1.91. The summed E-state index contributed by atoms with van der Waals surface area (Å²) >= 11 is 5.75. The van der Waals surface area contributed by atoms with E-state index in [1.807, 2.05) is 6.92 Å². The number of amides is 3. The average molecular weight is 460 g/mol. The molecule has 30 heavy (non-hydrogen) atoms. The summed E-state index contributed by atoms with van der Waals surface area (Å²) in [5.41, 5.74) is 0. The maximum absolute atomic E-state index is 12.4. The minimum absolute atomic E-state index is 0.000763. The molecule has 3 amide bonds. The molecule has 0 bridgehead atoms. The second-order valence-corrected chi connectivity index (χ2v) is 9.75.